The van der Waals surface area contributed by atoms with E-state index in [4.69, 9.17) is 20.4 Å². The third-order valence-corrected chi connectivity index (χ3v) is 5.25. The van der Waals surface area contributed by atoms with Gasteiger partial charge in [0.25, 0.3) is 0 Å². The Balaban J connectivity index is 1.60. The summed E-state index contributed by atoms with van der Waals surface area (Å²) in [5.74, 6) is 0.759. The highest BCUT2D eigenvalue weighted by Crippen LogP contribution is 2.27. The Morgan fingerprint density at radius 1 is 1.03 bits per heavy atom. The molecule has 0 N–H and O–H groups in total. The number of benzene rings is 2. The molecule has 2 aromatic heterocycles. The van der Waals surface area contributed by atoms with Crippen molar-refractivity contribution in [3.8, 4) is 0 Å². The van der Waals surface area contributed by atoms with Gasteiger partial charge >= 0.3 is 0 Å². The van der Waals surface area contributed by atoms with Crippen LogP contribution in [0.25, 0.3) is 11.0 Å². The Labute approximate surface area is 174 Å². The molecule has 4 aromatic rings. The molecule has 0 aliphatic rings. The summed E-state index contributed by atoms with van der Waals surface area (Å²) < 4.78 is 11.2. The highest BCUT2D eigenvalue weighted by Gasteiger charge is 2.19. The minimum Gasteiger partial charge on any atom is -0.467 e. The molecular formula is C24H22ClNO3. The molecule has 2 heterocycles. The highest BCUT2D eigenvalue weighted by molar-refractivity contribution is 6.30. The van der Waals surface area contributed by atoms with Crippen LogP contribution in [0, 0.1) is 13.8 Å². The van der Waals surface area contributed by atoms with Crippen molar-refractivity contribution < 1.29 is 13.6 Å². The number of hydrogen-bond acceptors (Lipinski definition) is 3. The fraction of sp³-hybridized carbons (Fsp3) is 0.208. The number of hydrogen-bond donors (Lipinski definition) is 0. The first kappa shape index (κ1) is 19.3. The Kier molecular flexibility index (Phi) is 5.45. The third kappa shape index (κ3) is 4.38. The molecule has 0 saturated heterocycles. The van der Waals surface area contributed by atoms with Crippen LogP contribution in [0.1, 0.15) is 28.0 Å². The molecule has 0 aliphatic heterocycles. The fourth-order valence-electron chi connectivity index (χ4n) is 3.66. The lowest BCUT2D eigenvalue weighted by Gasteiger charge is -2.22. The van der Waals surface area contributed by atoms with Crippen LogP contribution >= 0.6 is 11.6 Å². The molecule has 0 aliphatic carbocycles. The standard InChI is InChI=1S/C24H22ClNO3/c1-16-10-17(2)24-19(15-29-22(24)11-16)12-23(27)26(14-21-4-3-9-28-21)13-18-5-7-20(25)8-6-18/h3-11,15H,12-14H2,1-2H3. The quantitative estimate of drug-likeness (QED) is 0.390. The van der Waals surface area contributed by atoms with Crippen LogP contribution in [0.2, 0.25) is 5.02 Å². The van der Waals surface area contributed by atoms with E-state index in [-0.39, 0.29) is 12.3 Å². The van der Waals surface area contributed by atoms with Crippen LogP contribution in [0.3, 0.4) is 0 Å². The van der Waals surface area contributed by atoms with Crippen molar-refractivity contribution in [1.29, 1.82) is 0 Å². The first-order valence-electron chi connectivity index (χ1n) is 9.51. The van der Waals surface area contributed by atoms with Crippen molar-refractivity contribution in [3.63, 3.8) is 0 Å². The zero-order valence-electron chi connectivity index (χ0n) is 16.4. The molecule has 5 heteroatoms. The maximum Gasteiger partial charge on any atom is 0.227 e. The third-order valence-electron chi connectivity index (χ3n) is 5.00. The van der Waals surface area contributed by atoms with Crippen molar-refractivity contribution in [2.45, 2.75) is 33.4 Å². The number of nitrogens with zero attached hydrogens (tertiary/aromatic N) is 1. The van der Waals surface area contributed by atoms with Gasteiger partial charge in [-0.15, -0.1) is 0 Å². The second-order valence-electron chi connectivity index (χ2n) is 7.35. The van der Waals surface area contributed by atoms with Gasteiger partial charge in [-0.25, -0.2) is 0 Å². The molecule has 4 rings (SSSR count). The summed E-state index contributed by atoms with van der Waals surface area (Å²) in [4.78, 5) is 15.0. The van der Waals surface area contributed by atoms with Crippen LogP contribution in [-0.4, -0.2) is 10.8 Å². The number of aryl methyl sites for hydroxylation is 2. The van der Waals surface area contributed by atoms with Crippen molar-refractivity contribution in [2.75, 3.05) is 0 Å². The van der Waals surface area contributed by atoms with Crippen molar-refractivity contribution >= 4 is 28.5 Å². The molecule has 0 fully saturated rings. The van der Waals surface area contributed by atoms with Gasteiger partial charge in [-0.05, 0) is 60.9 Å². The largest absolute Gasteiger partial charge is 0.467 e. The van der Waals surface area contributed by atoms with Gasteiger partial charge in [-0.1, -0.05) is 29.8 Å². The SMILES string of the molecule is Cc1cc(C)c2c(CC(=O)N(Cc3ccc(Cl)cc3)Cc3ccco3)coc2c1. The van der Waals surface area contributed by atoms with Gasteiger partial charge in [0.15, 0.2) is 0 Å². The second kappa shape index (κ2) is 8.18. The van der Waals surface area contributed by atoms with Gasteiger partial charge < -0.3 is 13.7 Å². The number of amides is 1. The lowest BCUT2D eigenvalue weighted by Crippen LogP contribution is -2.31. The van der Waals surface area contributed by atoms with Crippen molar-refractivity contribution in [1.82, 2.24) is 4.90 Å². The van der Waals surface area contributed by atoms with Crippen LogP contribution in [0.4, 0.5) is 0 Å². The molecule has 0 unspecified atom stereocenters. The summed E-state index contributed by atoms with van der Waals surface area (Å²) in [6.45, 7) is 4.97. The van der Waals surface area contributed by atoms with E-state index in [1.807, 2.05) is 56.3 Å². The summed E-state index contributed by atoms with van der Waals surface area (Å²) in [6.07, 6.45) is 3.59. The van der Waals surface area contributed by atoms with Crippen LogP contribution < -0.4 is 0 Å². The maximum atomic E-state index is 13.2. The molecule has 2 aromatic carbocycles. The van der Waals surface area contributed by atoms with E-state index in [1.165, 1.54) is 0 Å². The lowest BCUT2D eigenvalue weighted by atomic mass is 10.0. The van der Waals surface area contributed by atoms with E-state index in [9.17, 15) is 4.79 Å². The molecule has 0 spiro atoms. The molecule has 0 saturated carbocycles. The zero-order chi connectivity index (χ0) is 20.4. The van der Waals surface area contributed by atoms with E-state index in [0.29, 0.717) is 18.1 Å². The van der Waals surface area contributed by atoms with E-state index in [1.54, 1.807) is 17.4 Å². The Hall–Kier alpha value is -2.98. The summed E-state index contributed by atoms with van der Waals surface area (Å²) >= 11 is 6.00. The molecule has 0 radical (unpaired) electrons. The van der Waals surface area contributed by atoms with Crippen molar-refractivity contribution in [3.05, 3.63) is 94.1 Å². The van der Waals surface area contributed by atoms with Gasteiger partial charge in [-0.2, -0.15) is 0 Å². The van der Waals surface area contributed by atoms with Gasteiger partial charge in [0.1, 0.15) is 11.3 Å². The second-order valence-corrected chi connectivity index (χ2v) is 7.78. The Bertz CT molecular complexity index is 1130. The number of carbonyl (C=O) groups is 1. The fourth-order valence-corrected chi connectivity index (χ4v) is 3.79. The summed E-state index contributed by atoms with van der Waals surface area (Å²) in [7, 11) is 0. The predicted octanol–water partition coefficient (Wildman–Crippen LogP) is 6.07. The highest BCUT2D eigenvalue weighted by atomic mass is 35.5. The lowest BCUT2D eigenvalue weighted by molar-refractivity contribution is -0.132. The molecule has 4 nitrogen and oxygen atoms in total. The maximum absolute atomic E-state index is 13.2. The normalized spacial score (nSPS) is 11.1. The summed E-state index contributed by atoms with van der Waals surface area (Å²) in [6, 6.07) is 15.4. The first-order chi connectivity index (χ1) is 14.0. The average molecular weight is 408 g/mol. The van der Waals surface area contributed by atoms with E-state index in [0.717, 1.165) is 39.0 Å². The van der Waals surface area contributed by atoms with Crippen LogP contribution in [-0.2, 0) is 24.3 Å². The van der Waals surface area contributed by atoms with Crippen LogP contribution in [0.5, 0.6) is 0 Å². The number of fused-ring (bicyclic) bond motifs is 1. The average Bonchev–Trinajstić information content (AvgIpc) is 3.33. The van der Waals surface area contributed by atoms with Crippen LogP contribution in [0.15, 0.2) is 69.9 Å². The Morgan fingerprint density at radius 3 is 2.55 bits per heavy atom. The molecule has 1 amide bonds. The number of furan rings is 2. The molecule has 148 valence electrons. The topological polar surface area (TPSA) is 46.6 Å². The molecule has 29 heavy (non-hydrogen) atoms. The van der Waals surface area contributed by atoms with E-state index in [2.05, 4.69) is 6.07 Å². The van der Waals surface area contributed by atoms with E-state index >= 15 is 0 Å². The summed E-state index contributed by atoms with van der Waals surface area (Å²) in [5.41, 5.74) is 5.00. The number of halogens is 1. The molecular weight excluding hydrogens is 386 g/mol. The van der Waals surface area contributed by atoms with Gasteiger partial charge in [0.2, 0.25) is 5.91 Å². The number of carbonyl (C=O) groups excluding carboxylic acids is 1. The Morgan fingerprint density at radius 2 is 1.83 bits per heavy atom. The van der Waals surface area contributed by atoms with E-state index < -0.39 is 0 Å². The number of rotatable bonds is 6. The minimum atomic E-state index is 0.0130. The minimum absolute atomic E-state index is 0.0130. The summed E-state index contributed by atoms with van der Waals surface area (Å²) in [5, 5.41) is 1.70. The van der Waals surface area contributed by atoms with Gasteiger partial charge in [-0.3, -0.25) is 4.79 Å². The first-order valence-corrected chi connectivity index (χ1v) is 9.89. The zero-order valence-corrected chi connectivity index (χ0v) is 17.2. The molecule has 0 bridgehead atoms. The molecule has 0 atom stereocenters. The van der Waals surface area contributed by atoms with Gasteiger partial charge in [0, 0.05) is 22.5 Å². The predicted molar refractivity (Wildman–Crippen MR) is 114 cm³/mol. The monoisotopic (exact) mass is 407 g/mol. The smallest absolute Gasteiger partial charge is 0.227 e. The van der Waals surface area contributed by atoms with Gasteiger partial charge in [0.05, 0.1) is 25.5 Å². The van der Waals surface area contributed by atoms with Crippen molar-refractivity contribution in [2.24, 2.45) is 0 Å².